The van der Waals surface area contributed by atoms with Crippen molar-refractivity contribution in [3.05, 3.63) is 113 Å². The molecular weight excluding hydrogens is 652 g/mol. The van der Waals surface area contributed by atoms with Crippen LogP contribution < -0.4 is 5.32 Å². The number of carbonyl (C=O) groups excluding carboxylic acids is 2. The van der Waals surface area contributed by atoms with E-state index in [9.17, 15) is 14.9 Å². The molecule has 1 aliphatic heterocycles. The molecule has 0 saturated carbocycles. The standard InChI is InChI=1S/C39H35ClN6O4/c1-23-9-5-6-10-28(23)29-11-7-14-39(34(29)40,36-44-30-18-24(22-47)17-26(20-41)33(30)49-36)45-35-32-25(13-15-42-35)19-27(21-43-32)31-12-8-16-46(31)37(48)50-38(2,3)4/h5-7,9-11,13-15,17-19,21-22,31,34H,8,12,16H2,1-4H3,(H,42,45). The van der Waals surface area contributed by atoms with E-state index in [-0.39, 0.29) is 29.2 Å². The molecule has 1 aliphatic carbocycles. The Balaban J connectivity index is 1.33. The fourth-order valence-electron chi connectivity index (χ4n) is 6.76. The highest BCUT2D eigenvalue weighted by Crippen LogP contribution is 2.45. The molecule has 7 rings (SSSR count). The summed E-state index contributed by atoms with van der Waals surface area (Å²) in [6, 6.07) is 16.9. The van der Waals surface area contributed by atoms with Crippen LogP contribution in [0, 0.1) is 18.3 Å². The van der Waals surface area contributed by atoms with Crippen molar-refractivity contribution in [1.82, 2.24) is 19.9 Å². The number of hydrogen-bond donors (Lipinski definition) is 1. The number of nitrogens with zero attached hydrogens (tertiary/aromatic N) is 5. The second-order valence-electron chi connectivity index (χ2n) is 13.6. The first-order valence-electron chi connectivity index (χ1n) is 16.4. The van der Waals surface area contributed by atoms with Crippen molar-refractivity contribution in [3.8, 4) is 6.07 Å². The molecule has 3 aromatic heterocycles. The average Bonchev–Trinajstić information content (AvgIpc) is 3.77. The lowest BCUT2D eigenvalue weighted by Crippen LogP contribution is -2.44. The number of anilines is 1. The third-order valence-corrected chi connectivity index (χ3v) is 9.68. The van der Waals surface area contributed by atoms with E-state index in [4.69, 9.17) is 35.7 Å². The second kappa shape index (κ2) is 12.7. The van der Waals surface area contributed by atoms with Crippen molar-refractivity contribution < 1.29 is 18.7 Å². The maximum absolute atomic E-state index is 13.1. The Bertz CT molecular complexity index is 2260. The number of nitriles is 1. The van der Waals surface area contributed by atoms with Crippen molar-refractivity contribution in [1.29, 1.82) is 5.26 Å². The summed E-state index contributed by atoms with van der Waals surface area (Å²) in [7, 11) is 0. The monoisotopic (exact) mass is 686 g/mol. The van der Waals surface area contributed by atoms with Crippen LogP contribution in [0.15, 0.2) is 83.6 Å². The number of allylic oxidation sites excluding steroid dienone is 2. The number of hydrogen-bond acceptors (Lipinski definition) is 9. The van der Waals surface area contributed by atoms with Gasteiger partial charge in [0.1, 0.15) is 29.0 Å². The minimum absolute atomic E-state index is 0.168. The summed E-state index contributed by atoms with van der Waals surface area (Å²) in [4.78, 5) is 40.9. The highest BCUT2D eigenvalue weighted by atomic mass is 35.5. The number of rotatable bonds is 6. The quantitative estimate of drug-likeness (QED) is 0.138. The van der Waals surface area contributed by atoms with E-state index in [0.29, 0.717) is 35.2 Å². The molecule has 2 aliphatic rings. The van der Waals surface area contributed by atoms with Crippen LogP contribution in [0.1, 0.15) is 78.2 Å². The van der Waals surface area contributed by atoms with E-state index in [1.165, 1.54) is 6.07 Å². The van der Waals surface area contributed by atoms with E-state index in [2.05, 4.69) is 11.4 Å². The highest BCUT2D eigenvalue weighted by Gasteiger charge is 2.47. The fraction of sp³-hybridized carbons (Fsp3) is 0.282. The number of aryl methyl sites for hydroxylation is 1. The third-order valence-electron chi connectivity index (χ3n) is 9.10. The van der Waals surface area contributed by atoms with Crippen LogP contribution in [-0.4, -0.2) is 49.8 Å². The number of aromatic nitrogens is 3. The maximum atomic E-state index is 13.1. The molecule has 11 heteroatoms. The van der Waals surface area contributed by atoms with E-state index < -0.39 is 16.5 Å². The summed E-state index contributed by atoms with van der Waals surface area (Å²) in [5.74, 6) is 0.624. The molecule has 50 heavy (non-hydrogen) atoms. The van der Waals surface area contributed by atoms with Crippen LogP contribution in [0.25, 0.3) is 27.6 Å². The number of oxazole rings is 1. The molecule has 4 heterocycles. The van der Waals surface area contributed by atoms with Gasteiger partial charge in [-0.05, 0) is 93.1 Å². The minimum Gasteiger partial charge on any atom is -0.444 e. The van der Waals surface area contributed by atoms with Gasteiger partial charge in [-0.3, -0.25) is 9.78 Å². The summed E-state index contributed by atoms with van der Waals surface area (Å²) < 4.78 is 12.1. The number of halogens is 1. The summed E-state index contributed by atoms with van der Waals surface area (Å²) in [6.45, 7) is 8.21. The van der Waals surface area contributed by atoms with Crippen LogP contribution in [0.4, 0.5) is 10.6 Å². The molecule has 2 aromatic carbocycles. The summed E-state index contributed by atoms with van der Waals surface area (Å²) in [5, 5.41) is 13.5. The molecule has 0 bridgehead atoms. The molecule has 1 N–H and O–H groups in total. The zero-order valence-corrected chi connectivity index (χ0v) is 28.9. The average molecular weight is 687 g/mol. The van der Waals surface area contributed by atoms with Crippen molar-refractivity contribution in [3.63, 3.8) is 0 Å². The molecule has 1 fully saturated rings. The van der Waals surface area contributed by atoms with Gasteiger partial charge in [0.15, 0.2) is 16.9 Å². The van der Waals surface area contributed by atoms with Crippen molar-refractivity contribution in [2.45, 2.75) is 63.1 Å². The summed E-state index contributed by atoms with van der Waals surface area (Å²) in [6.07, 6.45) is 11.2. The normalized spacial score (nSPS) is 20.5. The van der Waals surface area contributed by atoms with Crippen LogP contribution in [-0.2, 0) is 10.3 Å². The van der Waals surface area contributed by atoms with Gasteiger partial charge in [0.25, 0.3) is 0 Å². The van der Waals surface area contributed by atoms with E-state index in [0.717, 1.165) is 40.5 Å². The van der Waals surface area contributed by atoms with Crippen LogP contribution in [0.3, 0.4) is 0 Å². The zero-order valence-electron chi connectivity index (χ0n) is 28.1. The van der Waals surface area contributed by atoms with Crippen molar-refractivity contribution >= 4 is 57.4 Å². The number of fused-ring (bicyclic) bond motifs is 2. The summed E-state index contributed by atoms with van der Waals surface area (Å²) in [5.41, 5.74) is 3.50. The van der Waals surface area contributed by atoms with Gasteiger partial charge in [-0.15, -0.1) is 11.6 Å². The van der Waals surface area contributed by atoms with E-state index >= 15 is 0 Å². The molecule has 3 atom stereocenters. The maximum Gasteiger partial charge on any atom is 0.410 e. The number of amides is 1. The van der Waals surface area contributed by atoms with Gasteiger partial charge in [0.05, 0.1) is 17.0 Å². The Morgan fingerprint density at radius 3 is 2.78 bits per heavy atom. The SMILES string of the molecule is Cc1ccccc1C1=CC=CC(Nc2nccc3cc(C4CCCN4C(=O)OC(C)(C)C)cnc23)(c2nc3cc(C=O)cc(C#N)c3o2)C1Cl. The first kappa shape index (κ1) is 33.0. The van der Waals surface area contributed by atoms with Gasteiger partial charge in [0, 0.05) is 29.9 Å². The Hall–Kier alpha value is -5.53. The number of benzene rings is 2. The van der Waals surface area contributed by atoms with Crippen LogP contribution in [0.5, 0.6) is 0 Å². The minimum atomic E-state index is -1.30. The molecule has 1 amide bonds. The number of ether oxygens (including phenoxy) is 1. The Morgan fingerprint density at radius 1 is 1.20 bits per heavy atom. The molecule has 1 saturated heterocycles. The first-order valence-corrected chi connectivity index (χ1v) is 16.9. The van der Waals surface area contributed by atoms with Gasteiger partial charge < -0.3 is 19.4 Å². The smallest absolute Gasteiger partial charge is 0.410 e. The van der Waals surface area contributed by atoms with E-state index in [1.54, 1.807) is 23.4 Å². The number of alkyl halides is 1. The van der Waals surface area contributed by atoms with E-state index in [1.807, 2.05) is 82.3 Å². The largest absolute Gasteiger partial charge is 0.444 e. The third kappa shape index (κ3) is 5.88. The molecule has 3 unspecified atom stereocenters. The number of carbonyl (C=O) groups is 2. The summed E-state index contributed by atoms with van der Waals surface area (Å²) >= 11 is 7.51. The fourth-order valence-corrected chi connectivity index (χ4v) is 7.17. The Morgan fingerprint density at radius 2 is 2.02 bits per heavy atom. The molecule has 252 valence electrons. The molecule has 0 spiro atoms. The van der Waals surface area contributed by atoms with Gasteiger partial charge in [-0.25, -0.2) is 14.8 Å². The predicted octanol–water partition coefficient (Wildman–Crippen LogP) is 8.40. The van der Waals surface area contributed by atoms with Crippen LogP contribution >= 0.6 is 11.6 Å². The number of likely N-dealkylation sites (tertiary alicyclic amines) is 1. The lowest BCUT2D eigenvalue weighted by molar-refractivity contribution is 0.0224. The van der Waals surface area contributed by atoms with Gasteiger partial charge >= 0.3 is 6.09 Å². The number of aldehydes is 1. The Labute approximate surface area is 294 Å². The molecular formula is C39H35ClN6O4. The van der Waals surface area contributed by atoms with Gasteiger partial charge in [-0.2, -0.15) is 5.26 Å². The van der Waals surface area contributed by atoms with Gasteiger partial charge in [0.2, 0.25) is 5.89 Å². The topological polar surface area (TPSA) is 134 Å². The Kier molecular flexibility index (Phi) is 8.40. The molecule has 10 nitrogen and oxygen atoms in total. The highest BCUT2D eigenvalue weighted by molar-refractivity contribution is 6.28. The van der Waals surface area contributed by atoms with Crippen molar-refractivity contribution in [2.75, 3.05) is 11.9 Å². The lowest BCUT2D eigenvalue weighted by Gasteiger charge is -2.37. The number of nitrogens with one attached hydrogen (secondary N) is 1. The molecule has 0 radical (unpaired) electrons. The predicted molar refractivity (Wildman–Crippen MR) is 192 cm³/mol. The number of pyridine rings is 2. The van der Waals surface area contributed by atoms with Crippen LogP contribution in [0.2, 0.25) is 0 Å². The molecule has 5 aromatic rings. The van der Waals surface area contributed by atoms with Crippen molar-refractivity contribution in [2.24, 2.45) is 0 Å². The first-order chi connectivity index (χ1) is 24.0. The zero-order chi connectivity index (χ0) is 35.2. The van der Waals surface area contributed by atoms with Gasteiger partial charge in [-0.1, -0.05) is 36.4 Å². The lowest BCUT2D eigenvalue weighted by atomic mass is 9.81. The second-order valence-corrected chi connectivity index (χ2v) is 14.1.